The second-order valence-corrected chi connectivity index (χ2v) is 10.3. The molecule has 3 aromatic rings. The van der Waals surface area contributed by atoms with E-state index in [0.29, 0.717) is 13.2 Å². The molecule has 0 spiro atoms. The molecule has 2 aliphatic rings. The largest absolute Gasteiger partial charge is 0.489 e. The van der Waals surface area contributed by atoms with E-state index in [1.807, 2.05) is 71.4 Å². The Labute approximate surface area is 236 Å². The van der Waals surface area contributed by atoms with E-state index in [1.165, 1.54) is 0 Å². The molecule has 12 heteroatoms. The van der Waals surface area contributed by atoms with Crippen LogP contribution in [0.2, 0.25) is 0 Å². The first kappa shape index (κ1) is 29.7. The van der Waals surface area contributed by atoms with Crippen molar-refractivity contribution in [2.45, 2.75) is 81.0 Å². The lowest BCUT2D eigenvalue weighted by Gasteiger charge is -2.44. The average Bonchev–Trinajstić information content (AvgIpc) is 3.00. The third-order valence-corrected chi connectivity index (χ3v) is 7.54. The predicted octanol–water partition coefficient (Wildman–Crippen LogP) is -1.28. The molecular formula is C29H36NO11+. The Morgan fingerprint density at radius 1 is 0.707 bits per heavy atom. The first-order chi connectivity index (χ1) is 19.8. The van der Waals surface area contributed by atoms with Gasteiger partial charge in [-0.25, -0.2) is 0 Å². The van der Waals surface area contributed by atoms with Crippen molar-refractivity contribution >= 4 is 10.9 Å². The molecule has 7 N–H and O–H groups in total. The molecule has 12 nitrogen and oxygen atoms in total. The highest BCUT2D eigenvalue weighted by atomic mass is 16.8. The van der Waals surface area contributed by atoms with Gasteiger partial charge in [-0.15, -0.1) is 0 Å². The van der Waals surface area contributed by atoms with Crippen LogP contribution in [-0.4, -0.2) is 104 Å². The molecule has 10 atom stereocenters. The Morgan fingerprint density at radius 3 is 2.05 bits per heavy atom. The lowest BCUT2D eigenvalue weighted by atomic mass is 9.96. The maximum Gasteiger partial charge on any atom is 0.212 e. The highest BCUT2D eigenvalue weighted by Crippen LogP contribution is 2.29. The van der Waals surface area contributed by atoms with Crippen LogP contribution in [0.5, 0.6) is 5.75 Å². The fraction of sp³-hybridized carbons (Fsp3) is 0.483. The minimum absolute atomic E-state index is 0.218. The molecule has 5 rings (SSSR count). The number of rotatable bonds is 9. The molecule has 0 bridgehead atoms. The van der Waals surface area contributed by atoms with Gasteiger partial charge in [-0.05, 0) is 23.8 Å². The summed E-state index contributed by atoms with van der Waals surface area (Å²) < 4.78 is 24.5. The van der Waals surface area contributed by atoms with Crippen LogP contribution in [0.1, 0.15) is 12.0 Å². The summed E-state index contributed by atoms with van der Waals surface area (Å²) in [5.74, 6) is 0.718. The van der Waals surface area contributed by atoms with Gasteiger partial charge in [-0.1, -0.05) is 30.3 Å². The third kappa shape index (κ3) is 6.52. The number of aliphatic hydroxyl groups is 7. The maximum absolute atomic E-state index is 10.6. The van der Waals surface area contributed by atoms with E-state index in [-0.39, 0.29) is 6.42 Å². The van der Waals surface area contributed by atoms with Gasteiger partial charge in [-0.2, -0.15) is 4.57 Å². The van der Waals surface area contributed by atoms with Gasteiger partial charge in [-0.3, -0.25) is 0 Å². The Balaban J connectivity index is 1.24. The highest BCUT2D eigenvalue weighted by molar-refractivity contribution is 5.77. The summed E-state index contributed by atoms with van der Waals surface area (Å²) in [6.45, 7) is 0.154. The highest BCUT2D eigenvalue weighted by Gasteiger charge is 2.49. The zero-order valence-corrected chi connectivity index (χ0v) is 22.2. The van der Waals surface area contributed by atoms with E-state index in [0.717, 1.165) is 22.2 Å². The first-order valence-electron chi connectivity index (χ1n) is 13.5. The fourth-order valence-electron chi connectivity index (χ4n) is 5.13. The number of fused-ring (bicyclic) bond motifs is 1. The van der Waals surface area contributed by atoms with Crippen LogP contribution in [-0.2, 0) is 27.4 Å². The Hall–Kier alpha value is -2.75. The van der Waals surface area contributed by atoms with Crippen molar-refractivity contribution in [1.29, 1.82) is 0 Å². The van der Waals surface area contributed by atoms with Crippen LogP contribution >= 0.6 is 0 Å². The molecule has 2 aliphatic heterocycles. The van der Waals surface area contributed by atoms with E-state index in [1.54, 1.807) is 0 Å². The van der Waals surface area contributed by atoms with Gasteiger partial charge >= 0.3 is 0 Å². The molecule has 3 heterocycles. The number of hydrogen-bond acceptors (Lipinski definition) is 11. The molecule has 0 radical (unpaired) electrons. The SMILES string of the molecule is OC[C@H]1O[C@H](O[C@H]2O[C@H](CC[n+]3cccc4cc(OCc5ccccc5)ccc43)[C@@H](O)[C@H](O)[C@H]2O)[C@H](O)[C@@H](O)[C@@H]1O. The number of benzene rings is 2. The molecule has 222 valence electrons. The first-order valence-corrected chi connectivity index (χ1v) is 13.5. The topological polar surface area (TPSA) is 182 Å². The minimum Gasteiger partial charge on any atom is -0.489 e. The number of pyridine rings is 1. The van der Waals surface area contributed by atoms with Crippen LogP contribution in [0.3, 0.4) is 0 Å². The van der Waals surface area contributed by atoms with Crippen molar-refractivity contribution in [1.82, 2.24) is 0 Å². The molecule has 41 heavy (non-hydrogen) atoms. The number of ether oxygens (including phenoxy) is 4. The normalized spacial score (nSPS) is 34.0. The van der Waals surface area contributed by atoms with Gasteiger partial charge in [0.2, 0.25) is 5.52 Å². The van der Waals surface area contributed by atoms with Crippen molar-refractivity contribution in [3.05, 3.63) is 72.4 Å². The standard InChI is InChI=1S/C29H36NO11/c31-14-21-23(33)25(35)27(37)29(40-21)41-28-26(36)24(34)22(32)20(39-28)10-12-30-11-4-7-17-13-18(8-9-19(17)30)38-15-16-5-2-1-3-6-16/h1-9,11,13,20-29,31-37H,10,12,14-15H2/q+1/t20-,21-,22-,23-,24+,25+,26-,27-,28-,29-/m1/s1. The average molecular weight is 575 g/mol. The Bertz CT molecular complexity index is 1280. The number of aryl methyl sites for hydroxylation is 1. The second kappa shape index (κ2) is 13.0. The summed E-state index contributed by atoms with van der Waals surface area (Å²) in [5, 5.41) is 72.2. The van der Waals surface area contributed by atoms with Gasteiger partial charge < -0.3 is 54.7 Å². The summed E-state index contributed by atoms with van der Waals surface area (Å²) >= 11 is 0. The number of hydrogen-bond donors (Lipinski definition) is 7. The minimum atomic E-state index is -1.72. The van der Waals surface area contributed by atoms with Gasteiger partial charge in [0.25, 0.3) is 0 Å². The van der Waals surface area contributed by atoms with Crippen molar-refractivity contribution < 1.29 is 59.3 Å². The van der Waals surface area contributed by atoms with Crippen LogP contribution < -0.4 is 9.30 Å². The molecule has 1 aromatic heterocycles. The third-order valence-electron chi connectivity index (χ3n) is 7.54. The summed E-state index contributed by atoms with van der Waals surface area (Å²) in [4.78, 5) is 0. The summed E-state index contributed by atoms with van der Waals surface area (Å²) in [5.41, 5.74) is 1.96. The molecule has 2 fully saturated rings. The predicted molar refractivity (Wildman–Crippen MR) is 141 cm³/mol. The lowest BCUT2D eigenvalue weighted by Crippen LogP contribution is -2.63. The zero-order chi connectivity index (χ0) is 29.1. The molecule has 2 aromatic carbocycles. The van der Waals surface area contributed by atoms with Gasteiger partial charge in [0.05, 0.1) is 18.1 Å². The van der Waals surface area contributed by atoms with Crippen LogP contribution in [0.15, 0.2) is 66.9 Å². The van der Waals surface area contributed by atoms with Crippen LogP contribution in [0, 0.1) is 0 Å². The number of nitrogens with zero attached hydrogens (tertiary/aromatic N) is 1. The zero-order valence-electron chi connectivity index (χ0n) is 22.2. The van der Waals surface area contributed by atoms with Crippen molar-refractivity contribution in [2.75, 3.05) is 6.61 Å². The molecule has 0 aliphatic carbocycles. The van der Waals surface area contributed by atoms with Crippen molar-refractivity contribution in [3.8, 4) is 5.75 Å². The molecule has 0 unspecified atom stereocenters. The van der Waals surface area contributed by atoms with E-state index in [9.17, 15) is 35.7 Å². The lowest BCUT2D eigenvalue weighted by molar-refractivity contribution is -0.673. The number of aromatic nitrogens is 1. The number of aliphatic hydroxyl groups excluding tert-OH is 7. The van der Waals surface area contributed by atoms with Crippen molar-refractivity contribution in [2.24, 2.45) is 0 Å². The van der Waals surface area contributed by atoms with Gasteiger partial charge in [0, 0.05) is 18.6 Å². The Morgan fingerprint density at radius 2 is 1.37 bits per heavy atom. The summed E-state index contributed by atoms with van der Waals surface area (Å²) in [6.07, 6.45) is -13.0. The quantitative estimate of drug-likeness (QED) is 0.151. The van der Waals surface area contributed by atoms with E-state index < -0.39 is 68.0 Å². The molecule has 0 saturated carbocycles. The smallest absolute Gasteiger partial charge is 0.212 e. The van der Waals surface area contributed by atoms with Gasteiger partial charge in [0.1, 0.15) is 55.1 Å². The van der Waals surface area contributed by atoms with Crippen molar-refractivity contribution in [3.63, 3.8) is 0 Å². The van der Waals surface area contributed by atoms with E-state index in [2.05, 4.69) is 0 Å². The fourth-order valence-corrected chi connectivity index (χ4v) is 5.13. The molecule has 2 saturated heterocycles. The van der Waals surface area contributed by atoms with E-state index in [4.69, 9.17) is 18.9 Å². The monoisotopic (exact) mass is 574 g/mol. The van der Waals surface area contributed by atoms with Crippen LogP contribution in [0.4, 0.5) is 0 Å². The maximum atomic E-state index is 10.6. The summed E-state index contributed by atoms with van der Waals surface area (Å²) in [6, 6.07) is 19.4. The van der Waals surface area contributed by atoms with Gasteiger partial charge in [0.15, 0.2) is 25.3 Å². The van der Waals surface area contributed by atoms with Crippen LogP contribution in [0.25, 0.3) is 10.9 Å². The Kier molecular flexibility index (Phi) is 9.46. The molecule has 0 amide bonds. The second-order valence-electron chi connectivity index (χ2n) is 10.3. The molecular weight excluding hydrogens is 538 g/mol. The van der Waals surface area contributed by atoms with E-state index >= 15 is 0 Å². The summed E-state index contributed by atoms with van der Waals surface area (Å²) in [7, 11) is 0.